The number of carbonyl (C=O) groups excluding carboxylic acids is 2. The van der Waals surface area contributed by atoms with Gasteiger partial charge in [-0.3, -0.25) is 9.59 Å². The van der Waals surface area contributed by atoms with Crippen LogP contribution in [0.15, 0.2) is 0 Å². The van der Waals surface area contributed by atoms with E-state index in [0.717, 1.165) is 0 Å². The Morgan fingerprint density at radius 1 is 1.23 bits per heavy atom. The molecule has 0 amide bonds. The maximum absolute atomic E-state index is 10.7. The van der Waals surface area contributed by atoms with Gasteiger partial charge in [-0.05, 0) is 5.75 Å². The van der Waals surface area contributed by atoms with Gasteiger partial charge in [0.1, 0.15) is 0 Å². The van der Waals surface area contributed by atoms with E-state index in [1.165, 1.54) is 13.8 Å². The van der Waals surface area contributed by atoms with E-state index in [0.29, 0.717) is 11.8 Å². The van der Waals surface area contributed by atoms with E-state index < -0.39 is 20.5 Å². The molecule has 0 unspecified atom stereocenters. The Hall–Kier alpha value is -0.493. The average Bonchev–Trinajstić information content (AvgIpc) is 1.81. The van der Waals surface area contributed by atoms with Crippen LogP contribution in [0.1, 0.15) is 13.8 Å². The van der Waals surface area contributed by atoms with Gasteiger partial charge in [-0.25, -0.2) is 0 Å². The third-order valence-corrected chi connectivity index (χ3v) is 4.53. The summed E-state index contributed by atoms with van der Waals surface area (Å²) in [7, 11) is -2.65. The molecular formula is C7H14O4SSi. The summed E-state index contributed by atoms with van der Waals surface area (Å²) in [6.45, 7) is 4.27. The average molecular weight is 222 g/mol. The molecule has 0 aliphatic carbocycles. The number of hydrogen-bond donors (Lipinski definition) is 1. The molecular weight excluding hydrogens is 208 g/mol. The Labute approximate surface area is 84.3 Å². The van der Waals surface area contributed by atoms with Crippen molar-refractivity contribution in [2.24, 2.45) is 0 Å². The Morgan fingerprint density at radius 2 is 1.62 bits per heavy atom. The van der Waals surface area contributed by atoms with E-state index in [-0.39, 0.29) is 0 Å². The monoisotopic (exact) mass is 222 g/mol. The van der Waals surface area contributed by atoms with Crippen LogP contribution < -0.4 is 0 Å². The molecule has 13 heavy (non-hydrogen) atoms. The van der Waals surface area contributed by atoms with Crippen molar-refractivity contribution in [1.82, 2.24) is 0 Å². The minimum absolute atomic E-state index is 0.419. The van der Waals surface area contributed by atoms with Crippen molar-refractivity contribution in [2.45, 2.75) is 26.4 Å². The maximum Gasteiger partial charge on any atom is 0.461 e. The molecule has 0 aromatic heterocycles. The second-order valence-electron chi connectivity index (χ2n) is 2.79. The summed E-state index contributed by atoms with van der Waals surface area (Å²) in [6, 6.07) is 0.509. The topological polar surface area (TPSA) is 52.6 Å². The molecule has 0 saturated heterocycles. The zero-order valence-electron chi connectivity index (χ0n) is 7.99. The second-order valence-corrected chi connectivity index (χ2v) is 6.42. The van der Waals surface area contributed by atoms with Gasteiger partial charge < -0.3 is 8.85 Å². The maximum atomic E-state index is 10.7. The predicted molar refractivity (Wildman–Crippen MR) is 53.8 cm³/mol. The van der Waals surface area contributed by atoms with Gasteiger partial charge in [0, 0.05) is 26.4 Å². The van der Waals surface area contributed by atoms with Crippen LogP contribution in [0.5, 0.6) is 0 Å². The normalized spacial score (nSPS) is 10.8. The van der Waals surface area contributed by atoms with Gasteiger partial charge in [0.15, 0.2) is 0 Å². The van der Waals surface area contributed by atoms with Crippen LogP contribution in [0.25, 0.3) is 0 Å². The SMILES string of the molecule is CC(=O)O[Si](C)(CCS)OC(C)=O. The predicted octanol–water partition coefficient (Wildman–Crippen LogP) is 1.11. The molecule has 0 aliphatic rings. The third-order valence-electron chi connectivity index (χ3n) is 1.29. The summed E-state index contributed by atoms with van der Waals surface area (Å²) in [6.07, 6.45) is 0. The van der Waals surface area contributed by atoms with Crippen LogP contribution in [0.2, 0.25) is 12.6 Å². The summed E-state index contributed by atoms with van der Waals surface area (Å²) in [4.78, 5) is 21.4. The molecule has 0 saturated carbocycles. The van der Waals surface area contributed by atoms with Crippen LogP contribution >= 0.6 is 12.6 Å². The fourth-order valence-electron chi connectivity index (χ4n) is 0.934. The smallest absolute Gasteiger partial charge is 0.461 e. The minimum Gasteiger partial charge on any atom is -0.485 e. The van der Waals surface area contributed by atoms with Gasteiger partial charge in [0.25, 0.3) is 11.9 Å². The summed E-state index contributed by atoms with van der Waals surface area (Å²) in [5, 5.41) is 0. The molecule has 6 heteroatoms. The van der Waals surface area contributed by atoms with Gasteiger partial charge in [-0.2, -0.15) is 12.6 Å². The minimum atomic E-state index is -2.65. The zero-order chi connectivity index (χ0) is 10.5. The van der Waals surface area contributed by atoms with Crippen LogP contribution in [0, 0.1) is 0 Å². The van der Waals surface area contributed by atoms with E-state index in [9.17, 15) is 9.59 Å². The first-order chi connectivity index (χ1) is 5.89. The Morgan fingerprint density at radius 3 is 1.85 bits per heavy atom. The molecule has 0 atom stereocenters. The van der Waals surface area contributed by atoms with Crippen molar-refractivity contribution in [2.75, 3.05) is 5.75 Å². The van der Waals surface area contributed by atoms with Gasteiger partial charge >= 0.3 is 8.56 Å². The standard InChI is InChI=1S/C7H14O4SSi/c1-6(8)10-13(3,5-4-12)11-7(2)9/h12H,4-5H2,1-3H3. The summed E-state index contributed by atoms with van der Waals surface area (Å²) >= 11 is 4.01. The highest BCUT2D eigenvalue weighted by Crippen LogP contribution is 2.14. The Balaban J connectivity index is 4.32. The molecule has 0 aromatic rings. The van der Waals surface area contributed by atoms with E-state index in [4.69, 9.17) is 8.85 Å². The van der Waals surface area contributed by atoms with Crippen LogP contribution in [0.3, 0.4) is 0 Å². The largest absolute Gasteiger partial charge is 0.485 e. The lowest BCUT2D eigenvalue weighted by atomic mass is 10.9. The Bertz CT molecular complexity index is 191. The van der Waals surface area contributed by atoms with E-state index in [1.807, 2.05) is 0 Å². The summed E-state index contributed by atoms with van der Waals surface area (Å²) in [5.41, 5.74) is 0. The molecule has 0 aromatic carbocycles. The van der Waals surface area contributed by atoms with Gasteiger partial charge in [-0.1, -0.05) is 0 Å². The lowest BCUT2D eigenvalue weighted by Crippen LogP contribution is -2.42. The van der Waals surface area contributed by atoms with Gasteiger partial charge in [0.2, 0.25) is 0 Å². The highest BCUT2D eigenvalue weighted by molar-refractivity contribution is 7.80. The molecule has 0 bridgehead atoms. The summed E-state index contributed by atoms with van der Waals surface area (Å²) < 4.78 is 9.99. The fraction of sp³-hybridized carbons (Fsp3) is 0.714. The van der Waals surface area contributed by atoms with E-state index in [1.54, 1.807) is 6.55 Å². The lowest BCUT2D eigenvalue weighted by molar-refractivity contribution is -0.138. The number of carbonyl (C=O) groups is 2. The van der Waals surface area contributed by atoms with Crippen LogP contribution in [0.4, 0.5) is 0 Å². The second kappa shape index (κ2) is 5.28. The first-order valence-corrected chi connectivity index (χ1v) is 7.05. The fourth-order valence-corrected chi connectivity index (χ4v) is 4.02. The van der Waals surface area contributed by atoms with Crippen molar-refractivity contribution in [3.63, 3.8) is 0 Å². The highest BCUT2D eigenvalue weighted by atomic mass is 32.1. The van der Waals surface area contributed by atoms with E-state index in [2.05, 4.69) is 12.6 Å². The molecule has 0 heterocycles. The molecule has 4 nitrogen and oxygen atoms in total. The zero-order valence-corrected chi connectivity index (χ0v) is 9.89. The van der Waals surface area contributed by atoms with Crippen molar-refractivity contribution >= 4 is 33.1 Å². The van der Waals surface area contributed by atoms with Gasteiger partial charge in [-0.15, -0.1) is 0 Å². The molecule has 0 rings (SSSR count). The molecule has 0 aliphatic heterocycles. The summed E-state index contributed by atoms with van der Waals surface area (Å²) in [5.74, 6) is -0.307. The molecule has 0 spiro atoms. The first kappa shape index (κ1) is 12.5. The third kappa shape index (κ3) is 5.70. The molecule has 0 N–H and O–H groups in total. The number of hydrogen-bond acceptors (Lipinski definition) is 5. The van der Waals surface area contributed by atoms with Crippen molar-refractivity contribution in [3.8, 4) is 0 Å². The van der Waals surface area contributed by atoms with Gasteiger partial charge in [0.05, 0.1) is 0 Å². The number of thiol groups is 1. The van der Waals surface area contributed by atoms with Crippen molar-refractivity contribution in [3.05, 3.63) is 0 Å². The van der Waals surface area contributed by atoms with E-state index >= 15 is 0 Å². The quantitative estimate of drug-likeness (QED) is 0.572. The molecule has 76 valence electrons. The molecule has 0 radical (unpaired) electrons. The first-order valence-electron chi connectivity index (χ1n) is 3.89. The molecule has 0 fully saturated rings. The van der Waals surface area contributed by atoms with Crippen molar-refractivity contribution in [1.29, 1.82) is 0 Å². The highest BCUT2D eigenvalue weighted by Gasteiger charge is 2.37. The van der Waals surface area contributed by atoms with Crippen molar-refractivity contribution < 1.29 is 18.4 Å². The Kier molecular flexibility index (Phi) is 5.08. The lowest BCUT2D eigenvalue weighted by Gasteiger charge is -2.23. The van der Waals surface area contributed by atoms with Crippen LogP contribution in [-0.4, -0.2) is 26.3 Å². The number of rotatable bonds is 4. The van der Waals surface area contributed by atoms with Crippen LogP contribution in [-0.2, 0) is 18.4 Å².